The Balaban J connectivity index is 0.905. The number of anilines is 3. The van der Waals surface area contributed by atoms with Gasteiger partial charge in [0.2, 0.25) is 0 Å². The maximum absolute atomic E-state index is 2.47. The third-order valence-corrected chi connectivity index (χ3v) is 17.2. The van der Waals surface area contributed by atoms with Crippen molar-refractivity contribution in [3.05, 3.63) is 277 Å². The fourth-order valence-electron chi connectivity index (χ4n) is 13.4. The SMILES string of the molecule is CC1(C)c2ccccc2-c2ccc(-c3ccc4c(c3)c3cc(-c5ccc6c(c5)C(C)(C)c5ccccc5-6)ccc3n4-c3ccc(N(c4ccccc4)c4c5ccccc5c(-c5ccccc5)c5ccccc45)cc3)cc21. The van der Waals surface area contributed by atoms with E-state index in [0.717, 1.165) is 17.1 Å². The highest BCUT2D eigenvalue weighted by molar-refractivity contribution is 6.22. The Bertz CT molecular complexity index is 4280. The Kier molecular flexibility index (Phi) is 9.69. The van der Waals surface area contributed by atoms with Gasteiger partial charge in [0, 0.05) is 49.4 Å². The van der Waals surface area contributed by atoms with Crippen molar-refractivity contribution in [1.29, 1.82) is 0 Å². The summed E-state index contributed by atoms with van der Waals surface area (Å²) in [6.45, 7) is 9.48. The van der Waals surface area contributed by atoms with Crippen molar-refractivity contribution in [3.8, 4) is 61.3 Å². The van der Waals surface area contributed by atoms with Crippen LogP contribution < -0.4 is 4.90 Å². The number of hydrogen-bond acceptors (Lipinski definition) is 1. The van der Waals surface area contributed by atoms with Crippen molar-refractivity contribution in [2.24, 2.45) is 0 Å². The van der Waals surface area contributed by atoms with E-state index in [-0.39, 0.29) is 10.8 Å². The molecular formula is C74H54N2. The highest BCUT2D eigenvalue weighted by Crippen LogP contribution is 2.53. The molecule has 0 bridgehead atoms. The van der Waals surface area contributed by atoms with Gasteiger partial charge in [0.15, 0.2) is 0 Å². The van der Waals surface area contributed by atoms with Crippen LogP contribution >= 0.6 is 0 Å². The molecule has 2 heteroatoms. The molecule has 2 nitrogen and oxygen atoms in total. The first-order valence-electron chi connectivity index (χ1n) is 26.7. The lowest BCUT2D eigenvalue weighted by Crippen LogP contribution is -2.14. The number of nitrogens with zero attached hydrogens (tertiary/aromatic N) is 2. The molecule has 360 valence electrons. The largest absolute Gasteiger partial charge is 0.309 e. The molecule has 2 aliphatic rings. The molecule has 0 unspecified atom stereocenters. The van der Waals surface area contributed by atoms with Gasteiger partial charge < -0.3 is 9.47 Å². The van der Waals surface area contributed by atoms with Crippen molar-refractivity contribution in [1.82, 2.24) is 4.57 Å². The lowest BCUT2D eigenvalue weighted by molar-refractivity contribution is 0.660. The average molecular weight is 971 g/mol. The molecule has 0 fully saturated rings. The quantitative estimate of drug-likeness (QED) is 0.145. The first kappa shape index (κ1) is 44.3. The van der Waals surface area contributed by atoms with E-state index in [1.807, 2.05) is 0 Å². The first-order valence-corrected chi connectivity index (χ1v) is 26.7. The van der Waals surface area contributed by atoms with Gasteiger partial charge in [-0.15, -0.1) is 0 Å². The van der Waals surface area contributed by atoms with Crippen LogP contribution in [0.5, 0.6) is 0 Å². The summed E-state index contributed by atoms with van der Waals surface area (Å²) in [5, 5.41) is 7.33. The summed E-state index contributed by atoms with van der Waals surface area (Å²) in [6, 6.07) is 95.1. The normalized spacial score (nSPS) is 13.7. The van der Waals surface area contributed by atoms with Crippen molar-refractivity contribution >= 4 is 60.4 Å². The van der Waals surface area contributed by atoms with Crippen LogP contribution in [0.1, 0.15) is 49.9 Å². The van der Waals surface area contributed by atoms with Gasteiger partial charge in [-0.2, -0.15) is 0 Å². The van der Waals surface area contributed by atoms with Crippen LogP contribution in [0.4, 0.5) is 17.1 Å². The fraction of sp³-hybridized carbons (Fsp3) is 0.0811. The van der Waals surface area contributed by atoms with Crippen LogP contribution in [-0.4, -0.2) is 4.57 Å². The minimum atomic E-state index is -0.0865. The number of rotatable bonds is 7. The van der Waals surface area contributed by atoms with Crippen molar-refractivity contribution in [3.63, 3.8) is 0 Å². The lowest BCUT2D eigenvalue weighted by atomic mass is 9.81. The summed E-state index contributed by atoms with van der Waals surface area (Å²) in [7, 11) is 0. The Hall–Kier alpha value is -9.24. The third kappa shape index (κ3) is 6.53. The molecule has 0 radical (unpaired) electrons. The van der Waals surface area contributed by atoms with Gasteiger partial charge in [-0.3, -0.25) is 0 Å². The zero-order chi connectivity index (χ0) is 50.9. The number of benzene rings is 12. The molecule has 15 rings (SSSR count). The van der Waals surface area contributed by atoms with Crippen molar-refractivity contribution < 1.29 is 0 Å². The van der Waals surface area contributed by atoms with E-state index in [4.69, 9.17) is 0 Å². The van der Waals surface area contributed by atoms with Crippen LogP contribution in [0.2, 0.25) is 0 Å². The molecule has 12 aromatic carbocycles. The molecule has 0 N–H and O–H groups in total. The monoisotopic (exact) mass is 970 g/mol. The maximum Gasteiger partial charge on any atom is 0.0618 e. The molecular weight excluding hydrogens is 917 g/mol. The molecule has 0 aliphatic heterocycles. The molecule has 1 aromatic heterocycles. The minimum absolute atomic E-state index is 0.0865. The van der Waals surface area contributed by atoms with E-state index in [1.54, 1.807) is 0 Å². The second-order valence-corrected chi connectivity index (χ2v) is 22.0. The molecule has 13 aromatic rings. The van der Waals surface area contributed by atoms with Gasteiger partial charge in [0.1, 0.15) is 0 Å². The van der Waals surface area contributed by atoms with Gasteiger partial charge >= 0.3 is 0 Å². The van der Waals surface area contributed by atoms with Gasteiger partial charge in [-0.05, 0) is 161 Å². The van der Waals surface area contributed by atoms with E-state index in [9.17, 15) is 0 Å². The van der Waals surface area contributed by atoms with Crippen LogP contribution in [0.3, 0.4) is 0 Å². The summed E-state index contributed by atoms with van der Waals surface area (Å²) >= 11 is 0. The predicted molar refractivity (Wildman–Crippen MR) is 322 cm³/mol. The topological polar surface area (TPSA) is 8.17 Å². The number of aromatic nitrogens is 1. The Morgan fingerprint density at radius 3 is 1.20 bits per heavy atom. The van der Waals surface area contributed by atoms with Crippen LogP contribution in [0.15, 0.2) is 255 Å². The van der Waals surface area contributed by atoms with Gasteiger partial charge in [0.25, 0.3) is 0 Å². The Morgan fingerprint density at radius 2 is 0.684 bits per heavy atom. The Labute approximate surface area is 444 Å². The lowest BCUT2D eigenvalue weighted by Gasteiger charge is -2.29. The van der Waals surface area contributed by atoms with E-state index < -0.39 is 0 Å². The standard InChI is InChI=1S/C74H54N2/c1-73(2)65-29-17-15-23-55(65)57-39-31-50(45-67(57)73)48-33-41-69-63(43-48)64-44-49(51-32-40-58-56-24-16-18-30-66(56)74(3,4)68(58)46-51)34-42-70(64)76(69)54-37-35-53(36-38-54)75(52-21-9-6-10-22-52)72-61-27-13-11-25-59(61)71(47-19-7-5-8-20-47)60-26-12-14-28-62(60)72/h5-46H,1-4H3. The molecule has 0 spiro atoms. The summed E-state index contributed by atoms with van der Waals surface area (Å²) in [6.07, 6.45) is 0. The zero-order valence-electron chi connectivity index (χ0n) is 43.1. The fourth-order valence-corrected chi connectivity index (χ4v) is 13.4. The first-order chi connectivity index (χ1) is 37.2. The van der Waals surface area contributed by atoms with Crippen molar-refractivity contribution in [2.45, 2.75) is 38.5 Å². The summed E-state index contributed by atoms with van der Waals surface area (Å²) in [5.74, 6) is 0. The third-order valence-electron chi connectivity index (χ3n) is 17.2. The number of hydrogen-bond donors (Lipinski definition) is 0. The summed E-state index contributed by atoms with van der Waals surface area (Å²) in [5.41, 5.74) is 25.0. The van der Waals surface area contributed by atoms with E-state index in [0.29, 0.717) is 0 Å². The van der Waals surface area contributed by atoms with E-state index in [1.165, 1.54) is 127 Å². The van der Waals surface area contributed by atoms with E-state index >= 15 is 0 Å². The molecule has 0 amide bonds. The van der Waals surface area contributed by atoms with Crippen LogP contribution in [-0.2, 0) is 10.8 Å². The van der Waals surface area contributed by atoms with E-state index in [2.05, 4.69) is 292 Å². The minimum Gasteiger partial charge on any atom is -0.309 e. The van der Waals surface area contributed by atoms with Gasteiger partial charge in [-0.1, -0.05) is 210 Å². The molecule has 0 atom stereocenters. The maximum atomic E-state index is 2.47. The zero-order valence-corrected chi connectivity index (χ0v) is 43.1. The molecule has 1 heterocycles. The average Bonchev–Trinajstić information content (AvgIpc) is 4.13. The molecule has 2 aliphatic carbocycles. The van der Waals surface area contributed by atoms with Crippen molar-refractivity contribution in [2.75, 3.05) is 4.90 Å². The molecule has 0 saturated carbocycles. The van der Waals surface area contributed by atoms with Crippen LogP contribution in [0.25, 0.3) is 105 Å². The summed E-state index contributed by atoms with van der Waals surface area (Å²) in [4.78, 5) is 2.46. The predicted octanol–water partition coefficient (Wildman–Crippen LogP) is 20.2. The highest BCUT2D eigenvalue weighted by atomic mass is 15.1. The second kappa shape index (κ2) is 16.6. The second-order valence-electron chi connectivity index (χ2n) is 22.0. The van der Waals surface area contributed by atoms with Gasteiger partial charge in [-0.25, -0.2) is 0 Å². The number of para-hydroxylation sites is 1. The Morgan fingerprint density at radius 1 is 0.289 bits per heavy atom. The molecule has 0 saturated heterocycles. The van der Waals surface area contributed by atoms with Gasteiger partial charge in [0.05, 0.1) is 16.7 Å². The number of fused-ring (bicyclic) bond motifs is 11. The highest BCUT2D eigenvalue weighted by Gasteiger charge is 2.37. The van der Waals surface area contributed by atoms with Crippen LogP contribution in [0, 0.1) is 0 Å². The summed E-state index contributed by atoms with van der Waals surface area (Å²) < 4.78 is 2.47. The molecule has 76 heavy (non-hydrogen) atoms. The smallest absolute Gasteiger partial charge is 0.0618 e.